The highest BCUT2D eigenvalue weighted by Gasteiger charge is 2.39. The molecule has 0 unspecified atom stereocenters. The minimum Gasteiger partial charge on any atom is -0.294 e. The van der Waals surface area contributed by atoms with E-state index in [0.29, 0.717) is 18.9 Å². The van der Waals surface area contributed by atoms with Crippen LogP contribution in [0, 0.1) is 11.7 Å². The molecule has 92 valence electrons. The van der Waals surface area contributed by atoms with Gasteiger partial charge in [0.05, 0.1) is 11.1 Å². The van der Waals surface area contributed by atoms with Crippen LogP contribution in [-0.2, 0) is 6.18 Å². The van der Waals surface area contributed by atoms with Crippen LogP contribution in [0.25, 0.3) is 0 Å². The van der Waals surface area contributed by atoms with Gasteiger partial charge in [0.25, 0.3) is 0 Å². The third-order valence-electron chi connectivity index (χ3n) is 2.56. The lowest BCUT2D eigenvalue weighted by molar-refractivity contribution is -0.140. The molecule has 0 N–H and O–H groups in total. The van der Waals surface area contributed by atoms with Crippen LogP contribution in [0.5, 0.6) is 0 Å². The maximum Gasteiger partial charge on any atom is 0.419 e. The zero-order valence-corrected chi connectivity index (χ0v) is 10.0. The average Bonchev–Trinajstić information content (AvgIpc) is 3.01. The van der Waals surface area contributed by atoms with Crippen LogP contribution in [0.2, 0.25) is 0 Å². The summed E-state index contributed by atoms with van der Waals surface area (Å²) in [4.78, 5) is 11.6. The Labute approximate surface area is 103 Å². The standard InChI is InChI=1S/C11H7BrF4O/c12-6-3-7(10(17)5-1-2-5)9(13)8(4-6)11(14,15)16/h3-5H,1-2H2. The molecule has 1 nitrogen and oxygen atoms in total. The van der Waals surface area contributed by atoms with Gasteiger partial charge in [-0.2, -0.15) is 13.2 Å². The number of benzene rings is 1. The van der Waals surface area contributed by atoms with Gasteiger partial charge in [-0.25, -0.2) is 4.39 Å². The van der Waals surface area contributed by atoms with Gasteiger partial charge in [-0.1, -0.05) is 15.9 Å². The van der Waals surface area contributed by atoms with E-state index in [2.05, 4.69) is 15.9 Å². The Balaban J connectivity index is 2.52. The van der Waals surface area contributed by atoms with Crippen molar-refractivity contribution in [3.05, 3.63) is 33.5 Å². The molecule has 0 aliphatic heterocycles. The molecule has 0 heterocycles. The third-order valence-corrected chi connectivity index (χ3v) is 3.01. The summed E-state index contributed by atoms with van der Waals surface area (Å²) < 4.78 is 51.2. The molecule has 1 fully saturated rings. The SMILES string of the molecule is O=C(c1cc(Br)cc(C(F)(F)F)c1F)C1CC1. The van der Waals surface area contributed by atoms with Gasteiger partial charge in [0, 0.05) is 10.4 Å². The molecule has 0 atom stereocenters. The monoisotopic (exact) mass is 310 g/mol. The quantitative estimate of drug-likeness (QED) is 0.591. The highest BCUT2D eigenvalue weighted by molar-refractivity contribution is 9.10. The molecule has 1 aromatic carbocycles. The lowest BCUT2D eigenvalue weighted by Crippen LogP contribution is -2.13. The number of rotatable bonds is 2. The van der Waals surface area contributed by atoms with Gasteiger partial charge in [-0.05, 0) is 25.0 Å². The summed E-state index contributed by atoms with van der Waals surface area (Å²) in [6.07, 6.45) is -3.56. The molecule has 1 aliphatic carbocycles. The van der Waals surface area contributed by atoms with E-state index in [-0.39, 0.29) is 10.4 Å². The van der Waals surface area contributed by atoms with Crippen LogP contribution in [0.1, 0.15) is 28.8 Å². The van der Waals surface area contributed by atoms with E-state index in [1.54, 1.807) is 0 Å². The van der Waals surface area contributed by atoms with Crippen LogP contribution in [0.15, 0.2) is 16.6 Å². The number of carbonyl (C=O) groups is 1. The predicted octanol–water partition coefficient (Wildman–Crippen LogP) is 4.20. The van der Waals surface area contributed by atoms with Crippen LogP contribution < -0.4 is 0 Å². The number of hydrogen-bond acceptors (Lipinski definition) is 1. The lowest BCUT2D eigenvalue weighted by Gasteiger charge is -2.11. The van der Waals surface area contributed by atoms with E-state index in [4.69, 9.17) is 0 Å². The normalized spacial score (nSPS) is 16.1. The third kappa shape index (κ3) is 2.51. The van der Waals surface area contributed by atoms with Crippen molar-refractivity contribution in [2.75, 3.05) is 0 Å². The number of alkyl halides is 3. The lowest BCUT2D eigenvalue weighted by atomic mass is 10.0. The molecule has 0 amide bonds. The first kappa shape index (κ1) is 12.5. The maximum absolute atomic E-state index is 13.6. The van der Waals surface area contributed by atoms with Gasteiger partial charge in [0.2, 0.25) is 0 Å². The summed E-state index contributed by atoms with van der Waals surface area (Å²) >= 11 is 2.86. The Morgan fingerprint density at radius 2 is 1.88 bits per heavy atom. The molecular formula is C11H7BrF4O. The Hall–Kier alpha value is -0.910. The van der Waals surface area contributed by atoms with Crippen molar-refractivity contribution >= 4 is 21.7 Å². The Bertz CT molecular complexity index is 477. The van der Waals surface area contributed by atoms with Gasteiger partial charge in [0.1, 0.15) is 5.82 Å². The van der Waals surface area contributed by atoms with E-state index in [1.807, 2.05) is 0 Å². The molecule has 2 rings (SSSR count). The molecule has 1 aromatic rings. The summed E-state index contributed by atoms with van der Waals surface area (Å²) in [5.74, 6) is -2.34. The van der Waals surface area contributed by atoms with Gasteiger partial charge in [0.15, 0.2) is 5.78 Å². The summed E-state index contributed by atoms with van der Waals surface area (Å²) in [6.45, 7) is 0. The molecule has 0 saturated heterocycles. The molecule has 0 spiro atoms. The average molecular weight is 311 g/mol. The Morgan fingerprint density at radius 3 is 2.35 bits per heavy atom. The minimum absolute atomic E-state index is 0.0511. The number of ketones is 1. The Morgan fingerprint density at radius 1 is 1.29 bits per heavy atom. The first-order valence-corrected chi connectivity index (χ1v) is 5.70. The smallest absolute Gasteiger partial charge is 0.294 e. The number of hydrogen-bond donors (Lipinski definition) is 0. The van der Waals surface area contributed by atoms with E-state index in [9.17, 15) is 22.4 Å². The van der Waals surface area contributed by atoms with E-state index >= 15 is 0 Å². The van der Waals surface area contributed by atoms with Crippen molar-refractivity contribution in [3.8, 4) is 0 Å². The van der Waals surface area contributed by atoms with Gasteiger partial charge in [-0.15, -0.1) is 0 Å². The highest BCUT2D eigenvalue weighted by atomic mass is 79.9. The van der Waals surface area contributed by atoms with E-state index in [0.717, 1.165) is 6.07 Å². The first-order valence-electron chi connectivity index (χ1n) is 4.91. The van der Waals surface area contributed by atoms with E-state index in [1.165, 1.54) is 0 Å². The number of Topliss-reactive ketones (excluding diaryl/α,β-unsaturated/α-hetero) is 1. The van der Waals surface area contributed by atoms with E-state index < -0.39 is 28.9 Å². The summed E-state index contributed by atoms with van der Waals surface area (Å²) in [5.41, 5.74) is -1.88. The zero-order valence-electron chi connectivity index (χ0n) is 8.44. The van der Waals surface area contributed by atoms with Crippen molar-refractivity contribution in [1.82, 2.24) is 0 Å². The van der Waals surface area contributed by atoms with Crippen molar-refractivity contribution in [2.45, 2.75) is 19.0 Å². The van der Waals surface area contributed by atoms with Crippen molar-refractivity contribution in [2.24, 2.45) is 5.92 Å². The second-order valence-corrected chi connectivity index (χ2v) is 4.87. The second-order valence-electron chi connectivity index (χ2n) is 3.95. The number of carbonyl (C=O) groups excluding carboxylic acids is 1. The summed E-state index contributed by atoms with van der Waals surface area (Å²) in [5, 5.41) is 0. The molecule has 17 heavy (non-hydrogen) atoms. The molecule has 6 heteroatoms. The summed E-state index contributed by atoms with van der Waals surface area (Å²) in [7, 11) is 0. The van der Waals surface area contributed by atoms with Crippen LogP contribution in [-0.4, -0.2) is 5.78 Å². The first-order chi connectivity index (χ1) is 7.80. The minimum atomic E-state index is -4.80. The van der Waals surface area contributed by atoms with Gasteiger partial charge >= 0.3 is 6.18 Å². The maximum atomic E-state index is 13.6. The van der Waals surface area contributed by atoms with Crippen LogP contribution in [0.4, 0.5) is 17.6 Å². The molecule has 0 radical (unpaired) electrons. The molecule has 1 aliphatic rings. The van der Waals surface area contributed by atoms with Crippen LogP contribution >= 0.6 is 15.9 Å². The predicted molar refractivity (Wildman–Crippen MR) is 56.2 cm³/mol. The number of halogens is 5. The fraction of sp³-hybridized carbons (Fsp3) is 0.364. The fourth-order valence-electron chi connectivity index (χ4n) is 1.54. The topological polar surface area (TPSA) is 17.1 Å². The van der Waals surface area contributed by atoms with Crippen molar-refractivity contribution in [3.63, 3.8) is 0 Å². The largest absolute Gasteiger partial charge is 0.419 e. The molecule has 0 aromatic heterocycles. The van der Waals surface area contributed by atoms with Gasteiger partial charge < -0.3 is 0 Å². The van der Waals surface area contributed by atoms with Crippen molar-refractivity contribution in [1.29, 1.82) is 0 Å². The Kier molecular flexibility index (Phi) is 3.01. The van der Waals surface area contributed by atoms with Crippen LogP contribution in [0.3, 0.4) is 0 Å². The molecule has 1 saturated carbocycles. The highest BCUT2D eigenvalue weighted by Crippen LogP contribution is 2.38. The van der Waals surface area contributed by atoms with Gasteiger partial charge in [-0.3, -0.25) is 4.79 Å². The molecular weight excluding hydrogens is 304 g/mol. The zero-order chi connectivity index (χ0) is 12.8. The van der Waals surface area contributed by atoms with Crippen molar-refractivity contribution < 1.29 is 22.4 Å². The fourth-order valence-corrected chi connectivity index (χ4v) is 2.00. The summed E-state index contributed by atoms with van der Waals surface area (Å²) in [6, 6.07) is 1.74. The second kappa shape index (κ2) is 4.08. The molecule has 0 bridgehead atoms.